The van der Waals surface area contributed by atoms with E-state index in [1.165, 1.54) is 12.2 Å². The number of allylic oxidation sites excluding steroid dienone is 1. The summed E-state index contributed by atoms with van der Waals surface area (Å²) >= 11 is 5.96. The number of benzene rings is 1. The summed E-state index contributed by atoms with van der Waals surface area (Å²) in [6.07, 6.45) is 7.84. The van der Waals surface area contributed by atoms with Gasteiger partial charge in [0, 0.05) is 11.8 Å². The van der Waals surface area contributed by atoms with Crippen molar-refractivity contribution in [1.82, 2.24) is 14.5 Å². The van der Waals surface area contributed by atoms with Gasteiger partial charge in [0.15, 0.2) is 0 Å². The minimum absolute atomic E-state index is 0. The molecular formula is C22H26ClFLiN3O-2. The number of aromatic nitrogens is 2. The van der Waals surface area contributed by atoms with E-state index in [1.54, 1.807) is 47.4 Å². The van der Waals surface area contributed by atoms with Gasteiger partial charge in [-0.15, -0.1) is 0 Å². The van der Waals surface area contributed by atoms with Crippen molar-refractivity contribution in [2.75, 3.05) is 20.1 Å². The average Bonchev–Trinajstić information content (AvgIpc) is 3.03. The van der Waals surface area contributed by atoms with Gasteiger partial charge in [-0.25, -0.2) is 10.5 Å². The van der Waals surface area contributed by atoms with Gasteiger partial charge in [0.05, 0.1) is 10.7 Å². The molecule has 0 bridgehead atoms. The second kappa shape index (κ2) is 14.2. The molecule has 0 spiro atoms. The molecule has 1 aromatic heterocycles. The molecule has 152 valence electrons. The van der Waals surface area contributed by atoms with E-state index in [9.17, 15) is 9.18 Å². The van der Waals surface area contributed by atoms with Crippen LogP contribution in [0.25, 0.3) is 11.9 Å². The van der Waals surface area contributed by atoms with Crippen molar-refractivity contribution in [3.05, 3.63) is 78.6 Å². The van der Waals surface area contributed by atoms with E-state index < -0.39 is 5.83 Å². The molecule has 7 heteroatoms. The fourth-order valence-corrected chi connectivity index (χ4v) is 2.53. The third-order valence-corrected chi connectivity index (χ3v) is 4.22. The van der Waals surface area contributed by atoms with Crippen LogP contribution in [0.1, 0.15) is 37.0 Å². The van der Waals surface area contributed by atoms with Crippen LogP contribution in [0.5, 0.6) is 0 Å². The monoisotopic (exact) mass is 409 g/mol. The molecule has 0 aliphatic carbocycles. The third-order valence-electron chi connectivity index (χ3n) is 3.89. The topological polar surface area (TPSA) is 38.1 Å². The summed E-state index contributed by atoms with van der Waals surface area (Å²) < 4.78 is 16.0. The second-order valence-corrected chi connectivity index (χ2v) is 6.57. The van der Waals surface area contributed by atoms with Crippen molar-refractivity contribution in [3.8, 4) is 0 Å². The maximum absolute atomic E-state index is 14.2. The summed E-state index contributed by atoms with van der Waals surface area (Å²) in [5.74, 6) is 0.146. The maximum Gasteiger partial charge on any atom is 1.00 e. The van der Waals surface area contributed by atoms with Crippen molar-refractivity contribution in [1.29, 1.82) is 0 Å². The normalized spacial score (nSPS) is 12.3. The van der Waals surface area contributed by atoms with Gasteiger partial charge in [0.1, 0.15) is 5.83 Å². The van der Waals surface area contributed by atoms with Gasteiger partial charge < -0.3 is 28.1 Å². The summed E-state index contributed by atoms with van der Waals surface area (Å²) in [4.78, 5) is 15.8. The number of carbonyl (C=O) groups excluding carboxylic acids is 1. The summed E-state index contributed by atoms with van der Waals surface area (Å²) in [5, 5.41) is 0.375. The Hall–Kier alpha value is -1.77. The van der Waals surface area contributed by atoms with Crippen molar-refractivity contribution in [2.45, 2.75) is 19.9 Å². The molecule has 1 atom stereocenters. The van der Waals surface area contributed by atoms with Gasteiger partial charge >= 0.3 is 18.9 Å². The molecule has 4 nitrogen and oxygen atoms in total. The van der Waals surface area contributed by atoms with E-state index in [1.807, 2.05) is 14.0 Å². The van der Waals surface area contributed by atoms with Crippen molar-refractivity contribution in [3.63, 3.8) is 0 Å². The number of likely N-dealkylation sites (N-methyl/N-ethyl adjacent to an activating group) is 1. The largest absolute Gasteiger partial charge is 1.00 e. The quantitative estimate of drug-likeness (QED) is 0.400. The first kappa shape index (κ1) is 27.2. The van der Waals surface area contributed by atoms with Gasteiger partial charge in [-0.3, -0.25) is 4.98 Å². The van der Waals surface area contributed by atoms with Gasteiger partial charge in [0.2, 0.25) is 0 Å². The molecule has 0 aliphatic heterocycles. The zero-order valence-corrected chi connectivity index (χ0v) is 18.3. The van der Waals surface area contributed by atoms with Crippen LogP contribution in [-0.2, 0) is 4.79 Å². The summed E-state index contributed by atoms with van der Waals surface area (Å²) in [7, 11) is 2.00. The zero-order chi connectivity index (χ0) is 21.1. The van der Waals surface area contributed by atoms with E-state index in [4.69, 9.17) is 11.6 Å². The first-order valence-corrected chi connectivity index (χ1v) is 9.25. The van der Waals surface area contributed by atoms with E-state index in [0.29, 0.717) is 22.1 Å². The smallest absolute Gasteiger partial charge is 0.419 e. The van der Waals surface area contributed by atoms with Crippen LogP contribution < -0.4 is 18.9 Å². The van der Waals surface area contributed by atoms with Crippen LogP contribution in [0.3, 0.4) is 0 Å². The Kier molecular flexibility index (Phi) is 13.4. The summed E-state index contributed by atoms with van der Waals surface area (Å²) in [6, 6.07) is 6.70. The van der Waals surface area contributed by atoms with Gasteiger partial charge in [0.25, 0.3) is 0 Å². The standard InChI is InChI=1S/C15H14ClFN2.C7H12NO.Li/c1-10(2)19-11(3)18-9-12(19)8-15(17)13-6-4-5-7-14(13)16;1-3-8(2)6-4-5-7-9;/h4-10H,1,3H2,2H3;4-5H,3,6H2,1-2H3;/q-2;-1;+1/b15-8-;5-4+;/t10-;;/m0../s1. The molecule has 2 aromatic rings. The maximum atomic E-state index is 14.2. The predicted molar refractivity (Wildman–Crippen MR) is 115 cm³/mol. The molecule has 0 radical (unpaired) electrons. The fraction of sp³-hybridized carbons (Fsp3) is 0.273. The van der Waals surface area contributed by atoms with Crippen LogP contribution in [0, 0.1) is 13.8 Å². The SMILES string of the molecule is CCN(C)C/C=C/[C-]=O.[CH2-]c1ncc(/C=C(\F)c2ccccc2Cl)n1[C@@H]([CH2-])C.[Li+]. The van der Waals surface area contributed by atoms with Crippen LogP contribution in [0.2, 0.25) is 5.02 Å². The molecule has 0 amide bonds. The first-order chi connectivity index (χ1) is 13.3. The molecule has 29 heavy (non-hydrogen) atoms. The first-order valence-electron chi connectivity index (χ1n) is 8.87. The van der Waals surface area contributed by atoms with Crippen LogP contribution >= 0.6 is 11.6 Å². The molecule has 0 N–H and O–H groups in total. The molecule has 0 unspecified atom stereocenters. The van der Waals surface area contributed by atoms with Crippen molar-refractivity contribution < 1.29 is 28.0 Å². The van der Waals surface area contributed by atoms with Crippen LogP contribution in [0.15, 0.2) is 42.6 Å². The number of imidazole rings is 1. The summed E-state index contributed by atoms with van der Waals surface area (Å²) in [6.45, 7) is 13.5. The van der Waals surface area contributed by atoms with Crippen LogP contribution in [0.4, 0.5) is 4.39 Å². The fourth-order valence-electron chi connectivity index (χ4n) is 2.30. The Morgan fingerprint density at radius 3 is 2.66 bits per heavy atom. The Morgan fingerprint density at radius 1 is 1.45 bits per heavy atom. The Morgan fingerprint density at radius 2 is 2.10 bits per heavy atom. The molecular weight excluding hydrogens is 384 g/mol. The average molecular weight is 410 g/mol. The number of hydrogen-bond donors (Lipinski definition) is 0. The molecule has 0 aliphatic rings. The third kappa shape index (κ3) is 9.06. The van der Waals surface area contributed by atoms with Crippen molar-refractivity contribution in [2.24, 2.45) is 0 Å². The van der Waals surface area contributed by atoms with Crippen LogP contribution in [-0.4, -0.2) is 40.9 Å². The van der Waals surface area contributed by atoms with E-state index >= 15 is 0 Å². The van der Waals surface area contributed by atoms with E-state index in [2.05, 4.69) is 30.7 Å². The molecule has 0 fully saturated rings. The zero-order valence-electron chi connectivity index (χ0n) is 17.5. The number of halogens is 2. The Labute approximate surface area is 190 Å². The molecule has 2 rings (SSSR count). The molecule has 0 saturated carbocycles. The minimum Gasteiger partial charge on any atom is -0.419 e. The van der Waals surface area contributed by atoms with E-state index in [0.717, 1.165) is 13.1 Å². The Bertz CT molecular complexity index is 818. The van der Waals surface area contributed by atoms with Crippen molar-refractivity contribution >= 4 is 29.8 Å². The predicted octanol–water partition coefficient (Wildman–Crippen LogP) is 2.19. The molecule has 1 heterocycles. The van der Waals surface area contributed by atoms with Gasteiger partial charge in [-0.1, -0.05) is 49.7 Å². The second-order valence-electron chi connectivity index (χ2n) is 6.17. The number of rotatable bonds is 7. The van der Waals surface area contributed by atoms with Gasteiger partial charge in [-0.2, -0.15) is 6.08 Å². The minimum atomic E-state index is -0.410. The number of hydrogen-bond acceptors (Lipinski definition) is 3. The Balaban J connectivity index is 0.000000672. The molecule has 0 saturated heterocycles. The van der Waals surface area contributed by atoms with E-state index in [-0.39, 0.29) is 24.9 Å². The number of nitrogens with zero attached hydrogens (tertiary/aromatic N) is 3. The van der Waals surface area contributed by atoms with Gasteiger partial charge in [-0.05, 0) is 44.4 Å². The summed E-state index contributed by atoms with van der Waals surface area (Å²) in [5.41, 5.74) is 0.976. The molecule has 1 aromatic carbocycles.